The van der Waals surface area contributed by atoms with Gasteiger partial charge in [-0.25, -0.2) is 8.42 Å². The molecular formula is C32H40ClN3O4S. The molecule has 0 aromatic heterocycles. The van der Waals surface area contributed by atoms with Crippen molar-refractivity contribution in [1.82, 2.24) is 10.2 Å². The van der Waals surface area contributed by atoms with E-state index in [9.17, 15) is 18.0 Å². The van der Waals surface area contributed by atoms with Crippen LogP contribution < -0.4 is 9.62 Å². The van der Waals surface area contributed by atoms with Crippen LogP contribution in [0.5, 0.6) is 0 Å². The number of hydrogen-bond acceptors (Lipinski definition) is 4. The molecule has 220 valence electrons. The van der Waals surface area contributed by atoms with E-state index in [1.54, 1.807) is 30.3 Å². The summed E-state index contributed by atoms with van der Waals surface area (Å²) in [5.74, 6) is -0.743. The van der Waals surface area contributed by atoms with Gasteiger partial charge >= 0.3 is 0 Å². The molecule has 7 nitrogen and oxygen atoms in total. The van der Waals surface area contributed by atoms with E-state index >= 15 is 0 Å². The fourth-order valence-electron chi connectivity index (χ4n) is 4.50. The molecule has 0 saturated carbocycles. The lowest BCUT2D eigenvalue weighted by molar-refractivity contribution is -0.140. The Kier molecular flexibility index (Phi) is 11.4. The number of nitrogens with zero attached hydrogens (tertiary/aromatic N) is 2. The van der Waals surface area contributed by atoms with E-state index in [2.05, 4.69) is 5.32 Å². The second-order valence-electron chi connectivity index (χ2n) is 10.3. The van der Waals surface area contributed by atoms with Crippen molar-refractivity contribution < 1.29 is 18.0 Å². The number of hydrogen-bond donors (Lipinski definition) is 1. The Bertz CT molecular complexity index is 1460. The van der Waals surface area contributed by atoms with Crippen molar-refractivity contribution in [3.63, 3.8) is 0 Å². The monoisotopic (exact) mass is 597 g/mol. The van der Waals surface area contributed by atoms with E-state index in [0.29, 0.717) is 18.0 Å². The fraction of sp³-hybridized carbons (Fsp3) is 0.375. The number of benzene rings is 3. The molecule has 1 N–H and O–H groups in total. The Labute approximate surface area is 249 Å². The number of nitrogens with one attached hydrogen (secondary N) is 1. The molecule has 0 fully saturated rings. The first-order valence-corrected chi connectivity index (χ1v) is 15.8. The van der Waals surface area contributed by atoms with Crippen molar-refractivity contribution in [3.05, 3.63) is 94.0 Å². The van der Waals surface area contributed by atoms with Gasteiger partial charge in [-0.2, -0.15) is 0 Å². The van der Waals surface area contributed by atoms with Crippen LogP contribution in [0.3, 0.4) is 0 Å². The first-order valence-electron chi connectivity index (χ1n) is 14.0. The summed E-state index contributed by atoms with van der Waals surface area (Å²) in [6.07, 6.45) is 2.12. The maximum atomic E-state index is 14.2. The van der Waals surface area contributed by atoms with Gasteiger partial charge in [0, 0.05) is 18.1 Å². The number of anilines is 1. The Morgan fingerprint density at radius 1 is 0.927 bits per heavy atom. The predicted octanol–water partition coefficient (Wildman–Crippen LogP) is 6.18. The molecule has 2 amide bonds. The number of sulfonamides is 1. The van der Waals surface area contributed by atoms with Gasteiger partial charge in [-0.1, -0.05) is 79.9 Å². The normalized spacial score (nSPS) is 12.0. The molecule has 0 aliphatic rings. The number of amides is 2. The highest BCUT2D eigenvalue weighted by Crippen LogP contribution is 2.29. The van der Waals surface area contributed by atoms with Crippen LogP contribution >= 0.6 is 11.6 Å². The van der Waals surface area contributed by atoms with Crippen LogP contribution in [0, 0.1) is 20.8 Å². The number of unbranched alkanes of at least 4 members (excludes halogenated alkanes) is 1. The molecule has 41 heavy (non-hydrogen) atoms. The van der Waals surface area contributed by atoms with Crippen LogP contribution in [0.25, 0.3) is 0 Å². The molecule has 9 heteroatoms. The van der Waals surface area contributed by atoms with Crippen molar-refractivity contribution in [2.24, 2.45) is 0 Å². The van der Waals surface area contributed by atoms with Crippen LogP contribution in [0.4, 0.5) is 5.69 Å². The summed E-state index contributed by atoms with van der Waals surface area (Å²) in [5.41, 5.74) is 3.82. The molecule has 3 aromatic rings. The first-order chi connectivity index (χ1) is 19.5. The van der Waals surface area contributed by atoms with Crippen molar-refractivity contribution in [1.29, 1.82) is 0 Å². The Morgan fingerprint density at radius 2 is 1.61 bits per heavy atom. The topological polar surface area (TPSA) is 86.8 Å². The van der Waals surface area contributed by atoms with E-state index in [1.165, 1.54) is 17.0 Å². The number of carbonyl (C=O) groups excluding carboxylic acids is 2. The third kappa shape index (κ3) is 8.11. The van der Waals surface area contributed by atoms with Crippen molar-refractivity contribution in [2.45, 2.75) is 71.4 Å². The van der Waals surface area contributed by atoms with Gasteiger partial charge in [0.05, 0.1) is 10.6 Å². The number of halogens is 1. The van der Waals surface area contributed by atoms with Crippen LogP contribution in [0.15, 0.2) is 71.6 Å². The molecule has 0 unspecified atom stereocenters. The van der Waals surface area contributed by atoms with Crippen molar-refractivity contribution in [3.8, 4) is 0 Å². The number of rotatable bonds is 13. The zero-order valence-corrected chi connectivity index (χ0v) is 26.1. The minimum absolute atomic E-state index is 0.0578. The molecule has 0 heterocycles. The first kappa shape index (κ1) is 32.2. The molecule has 0 radical (unpaired) electrons. The van der Waals surface area contributed by atoms with Gasteiger partial charge in [0.15, 0.2) is 0 Å². The molecule has 1 atom stereocenters. The van der Waals surface area contributed by atoms with Crippen molar-refractivity contribution >= 4 is 39.1 Å². The summed E-state index contributed by atoms with van der Waals surface area (Å²) >= 11 is 6.40. The van der Waals surface area contributed by atoms with Crippen LogP contribution in [0.1, 0.15) is 55.4 Å². The maximum Gasteiger partial charge on any atom is 0.264 e. The summed E-state index contributed by atoms with van der Waals surface area (Å²) in [6, 6.07) is 18.3. The molecule has 3 rings (SSSR count). The van der Waals surface area contributed by atoms with Gasteiger partial charge in [0.2, 0.25) is 11.8 Å². The van der Waals surface area contributed by atoms with Crippen LogP contribution in [-0.2, 0) is 26.2 Å². The highest BCUT2D eigenvalue weighted by atomic mass is 35.5. The third-order valence-corrected chi connectivity index (χ3v) is 9.34. The van der Waals surface area contributed by atoms with Gasteiger partial charge in [-0.3, -0.25) is 13.9 Å². The summed E-state index contributed by atoms with van der Waals surface area (Å²) in [7, 11) is -4.15. The SMILES string of the molecule is CCCCNC(=O)[C@@H](CC)N(Cc1ccccc1C)C(=O)CN(c1ccc(C)c(Cl)c1)S(=O)(=O)c1ccc(C)cc1. The summed E-state index contributed by atoms with van der Waals surface area (Å²) in [5, 5.41) is 3.33. The van der Waals surface area contributed by atoms with Gasteiger partial charge in [0.25, 0.3) is 10.0 Å². The van der Waals surface area contributed by atoms with Gasteiger partial charge < -0.3 is 10.2 Å². The minimum Gasteiger partial charge on any atom is -0.354 e. The molecule has 0 aliphatic heterocycles. The fourth-order valence-corrected chi connectivity index (χ4v) is 6.08. The second-order valence-corrected chi connectivity index (χ2v) is 12.5. The average molecular weight is 598 g/mol. The van der Waals surface area contributed by atoms with Gasteiger partial charge in [-0.05, 0) is 74.6 Å². The minimum atomic E-state index is -4.15. The van der Waals surface area contributed by atoms with Gasteiger partial charge in [-0.15, -0.1) is 0 Å². The molecular weight excluding hydrogens is 558 g/mol. The summed E-state index contributed by atoms with van der Waals surface area (Å²) in [4.78, 5) is 29.0. The van der Waals surface area contributed by atoms with E-state index in [4.69, 9.17) is 11.6 Å². The Balaban J connectivity index is 2.07. The lowest BCUT2D eigenvalue weighted by Crippen LogP contribution is -2.52. The Morgan fingerprint density at radius 3 is 2.22 bits per heavy atom. The van der Waals surface area contributed by atoms with Gasteiger partial charge in [0.1, 0.15) is 12.6 Å². The predicted molar refractivity (Wildman–Crippen MR) is 166 cm³/mol. The van der Waals surface area contributed by atoms with Crippen LogP contribution in [-0.4, -0.2) is 44.3 Å². The van der Waals surface area contributed by atoms with Crippen LogP contribution in [0.2, 0.25) is 5.02 Å². The quantitative estimate of drug-likeness (QED) is 0.238. The number of carbonyl (C=O) groups is 2. The van der Waals surface area contributed by atoms with Crippen molar-refractivity contribution in [2.75, 3.05) is 17.4 Å². The molecule has 0 spiro atoms. The largest absolute Gasteiger partial charge is 0.354 e. The number of aryl methyl sites for hydroxylation is 3. The van der Waals surface area contributed by atoms with E-state index in [0.717, 1.165) is 39.4 Å². The van der Waals surface area contributed by atoms with E-state index < -0.39 is 28.5 Å². The molecule has 0 bridgehead atoms. The zero-order chi connectivity index (χ0) is 30.2. The Hall–Kier alpha value is -3.36. The van der Waals surface area contributed by atoms with E-state index in [-0.39, 0.29) is 23.0 Å². The highest BCUT2D eigenvalue weighted by Gasteiger charge is 2.34. The average Bonchev–Trinajstić information content (AvgIpc) is 2.94. The zero-order valence-electron chi connectivity index (χ0n) is 24.5. The molecule has 0 saturated heterocycles. The third-order valence-electron chi connectivity index (χ3n) is 7.15. The lowest BCUT2D eigenvalue weighted by Gasteiger charge is -2.33. The molecule has 3 aromatic carbocycles. The standard InChI is InChI=1S/C32H40ClN3O4S/c1-6-8-19-34-32(38)30(7-2)35(21-26-12-10-9-11-24(26)4)31(37)22-36(27-16-15-25(5)29(33)20-27)41(39,40)28-17-13-23(3)14-18-28/h9-18,20,30H,6-8,19,21-22H2,1-5H3,(H,34,38)/t30-/m1/s1. The highest BCUT2D eigenvalue weighted by molar-refractivity contribution is 7.92. The second kappa shape index (κ2) is 14.5. The summed E-state index contributed by atoms with van der Waals surface area (Å²) < 4.78 is 29.1. The maximum absolute atomic E-state index is 14.2. The smallest absolute Gasteiger partial charge is 0.264 e. The van der Waals surface area contributed by atoms with E-state index in [1.807, 2.05) is 58.9 Å². The lowest BCUT2D eigenvalue weighted by atomic mass is 10.1. The summed E-state index contributed by atoms with van der Waals surface area (Å²) in [6.45, 7) is 9.70. The molecule has 0 aliphatic carbocycles.